The highest BCUT2D eigenvalue weighted by Crippen LogP contribution is 2.35. The number of hydrogen-bond donors (Lipinski definition) is 2. The Morgan fingerprint density at radius 3 is 2.72 bits per heavy atom. The lowest BCUT2D eigenvalue weighted by Crippen LogP contribution is -2.46. The van der Waals surface area contributed by atoms with Gasteiger partial charge in [0.1, 0.15) is 0 Å². The Kier molecular flexibility index (Phi) is 5.70. The van der Waals surface area contributed by atoms with Gasteiger partial charge < -0.3 is 15.2 Å². The molecule has 0 aliphatic carbocycles. The fourth-order valence-corrected chi connectivity index (χ4v) is 3.79. The molecule has 1 fully saturated rings. The molecule has 0 bridgehead atoms. The molecule has 0 aromatic heterocycles. The number of amidine groups is 2. The van der Waals surface area contributed by atoms with E-state index >= 15 is 0 Å². The Morgan fingerprint density at radius 2 is 2.00 bits per heavy atom. The largest absolute Gasteiger partial charge is 0.454 e. The average Bonchev–Trinajstić information content (AvgIpc) is 3.09. The Bertz CT molecular complexity index is 682. The minimum absolute atomic E-state index is 0.309. The lowest BCUT2D eigenvalue weighted by Gasteiger charge is -2.33. The number of nitrogens with zero attached hydrogens (tertiary/aromatic N) is 3. The third kappa shape index (κ3) is 4.19. The van der Waals surface area contributed by atoms with Crippen molar-refractivity contribution in [3.05, 3.63) is 23.8 Å². The van der Waals surface area contributed by atoms with Crippen LogP contribution in [-0.2, 0) is 0 Å². The third-order valence-corrected chi connectivity index (χ3v) is 5.38. The van der Waals surface area contributed by atoms with E-state index in [1.807, 2.05) is 13.0 Å². The monoisotopic (exact) mass is 364 g/mol. The van der Waals surface area contributed by atoms with Gasteiger partial charge in [-0.05, 0) is 31.5 Å². The number of piperazine rings is 1. The molecule has 25 heavy (non-hydrogen) atoms. The molecule has 0 saturated carbocycles. The van der Waals surface area contributed by atoms with Crippen LogP contribution in [0.2, 0.25) is 0 Å². The summed E-state index contributed by atoms with van der Waals surface area (Å²) in [5, 5.41) is 1.25. The summed E-state index contributed by atoms with van der Waals surface area (Å²) >= 11 is 1.35. The van der Waals surface area contributed by atoms with Crippen LogP contribution in [0.25, 0.3) is 0 Å². The molecule has 1 saturated heterocycles. The highest BCUT2D eigenvalue weighted by atomic mass is 32.2. The average molecular weight is 364 g/mol. The first-order valence-electron chi connectivity index (χ1n) is 8.57. The fourth-order valence-electron chi connectivity index (χ4n) is 3.07. The maximum Gasteiger partial charge on any atom is 0.311 e. The molecule has 7 nitrogen and oxygen atoms in total. The summed E-state index contributed by atoms with van der Waals surface area (Å²) in [4.78, 5) is 6.62. The zero-order valence-electron chi connectivity index (χ0n) is 14.8. The third-order valence-electron chi connectivity index (χ3n) is 4.58. The smallest absolute Gasteiger partial charge is 0.311 e. The first-order chi connectivity index (χ1) is 12.1. The van der Waals surface area contributed by atoms with E-state index < -0.39 is 0 Å². The molecule has 1 atom stereocenters. The zero-order valence-corrected chi connectivity index (χ0v) is 15.6. The lowest BCUT2D eigenvalue weighted by atomic mass is 10.1. The van der Waals surface area contributed by atoms with E-state index in [2.05, 4.69) is 33.5 Å². The zero-order chi connectivity index (χ0) is 17.8. The van der Waals surface area contributed by atoms with Gasteiger partial charge in [0.05, 0.1) is 13.1 Å². The van der Waals surface area contributed by atoms with E-state index in [1.54, 1.807) is 0 Å². The molecule has 0 spiro atoms. The molecule has 2 aliphatic rings. The van der Waals surface area contributed by atoms with Crippen molar-refractivity contribution < 1.29 is 14.0 Å². The van der Waals surface area contributed by atoms with Crippen molar-refractivity contribution in [2.24, 2.45) is 16.5 Å². The summed E-state index contributed by atoms with van der Waals surface area (Å²) in [5.74, 6) is 1.66. The lowest BCUT2D eigenvalue weighted by molar-refractivity contribution is -0.538. The summed E-state index contributed by atoms with van der Waals surface area (Å²) in [6.45, 7) is 8.82. The first kappa shape index (κ1) is 17.9. The van der Waals surface area contributed by atoms with E-state index in [0.717, 1.165) is 42.8 Å². The SMILES string of the molecule is CCN=C(N)SC(N)=[N+]1CCN([C@@H](C)c2ccc3c(c2)OCO3)CC1. The molecule has 1 aromatic carbocycles. The molecule has 4 N–H and O–H groups in total. The maximum atomic E-state index is 6.17. The van der Waals surface area contributed by atoms with Gasteiger partial charge in [0, 0.05) is 37.4 Å². The van der Waals surface area contributed by atoms with Crippen LogP contribution >= 0.6 is 11.8 Å². The van der Waals surface area contributed by atoms with Crippen LogP contribution in [0.1, 0.15) is 25.5 Å². The molecule has 0 amide bonds. The second-order valence-electron chi connectivity index (χ2n) is 6.06. The van der Waals surface area contributed by atoms with Crippen LogP contribution in [0.4, 0.5) is 0 Å². The summed E-state index contributed by atoms with van der Waals surface area (Å²) in [6, 6.07) is 6.50. The van der Waals surface area contributed by atoms with Crippen LogP contribution in [0, 0.1) is 0 Å². The predicted molar refractivity (Wildman–Crippen MR) is 101 cm³/mol. The van der Waals surface area contributed by atoms with Gasteiger partial charge in [-0.3, -0.25) is 20.2 Å². The van der Waals surface area contributed by atoms with Crippen LogP contribution in [-0.4, -0.2) is 59.3 Å². The summed E-state index contributed by atoms with van der Waals surface area (Å²) < 4.78 is 13.0. The van der Waals surface area contributed by atoms with E-state index in [0.29, 0.717) is 24.5 Å². The van der Waals surface area contributed by atoms with Gasteiger partial charge in [0.25, 0.3) is 0 Å². The first-order valence-corrected chi connectivity index (χ1v) is 9.39. The van der Waals surface area contributed by atoms with Crippen molar-refractivity contribution in [1.82, 2.24) is 4.90 Å². The molecule has 8 heteroatoms. The topological polar surface area (TPSA) is 89.1 Å². The van der Waals surface area contributed by atoms with Crippen molar-refractivity contribution >= 4 is 22.1 Å². The number of hydrogen-bond acceptors (Lipinski definition) is 5. The molecule has 2 heterocycles. The van der Waals surface area contributed by atoms with Crippen molar-refractivity contribution in [2.45, 2.75) is 19.9 Å². The van der Waals surface area contributed by atoms with Crippen LogP contribution in [0.15, 0.2) is 23.2 Å². The Balaban J connectivity index is 1.61. The van der Waals surface area contributed by atoms with E-state index in [1.165, 1.54) is 17.3 Å². The fraction of sp³-hybridized carbons (Fsp3) is 0.529. The quantitative estimate of drug-likeness (QED) is 0.476. The number of nitrogens with two attached hydrogens (primary N) is 2. The maximum absolute atomic E-state index is 6.17. The normalized spacial score (nSPS) is 19.1. The van der Waals surface area contributed by atoms with Gasteiger partial charge in [-0.2, -0.15) is 0 Å². The number of benzene rings is 1. The predicted octanol–water partition coefficient (Wildman–Crippen LogP) is 1.19. The van der Waals surface area contributed by atoms with Crippen LogP contribution in [0.5, 0.6) is 11.5 Å². The van der Waals surface area contributed by atoms with Crippen molar-refractivity contribution in [1.29, 1.82) is 0 Å². The molecule has 2 aliphatic heterocycles. The standard InChI is InChI=1S/C17H25N5O2S/c1-3-20-16(18)25-17(19)22-8-6-21(7-9-22)12(2)13-4-5-14-15(10-13)24-11-23-14/h4-5,10,12,19H,3,6-9,11H2,1-2H3,(H2,18,20)/p+1/t12-/m0/s1. The van der Waals surface area contributed by atoms with Crippen LogP contribution in [0.3, 0.4) is 0 Å². The van der Waals surface area contributed by atoms with E-state index in [9.17, 15) is 0 Å². The molecule has 0 radical (unpaired) electrons. The van der Waals surface area contributed by atoms with E-state index in [-0.39, 0.29) is 0 Å². The Morgan fingerprint density at radius 1 is 1.28 bits per heavy atom. The molecule has 136 valence electrons. The second-order valence-corrected chi connectivity index (χ2v) is 7.11. The Labute approximate surface area is 152 Å². The van der Waals surface area contributed by atoms with Gasteiger partial charge in [-0.15, -0.1) is 0 Å². The van der Waals surface area contributed by atoms with Crippen molar-refractivity contribution in [2.75, 3.05) is 39.5 Å². The summed E-state index contributed by atoms with van der Waals surface area (Å²) in [6.07, 6.45) is 0. The van der Waals surface area contributed by atoms with Crippen molar-refractivity contribution in [3.63, 3.8) is 0 Å². The number of ether oxygens (including phenoxy) is 2. The van der Waals surface area contributed by atoms with Gasteiger partial charge in [0.2, 0.25) is 6.79 Å². The minimum Gasteiger partial charge on any atom is -0.454 e. The molecular formula is C17H26N5O2S+. The Hall–Kier alpha value is -1.93. The minimum atomic E-state index is 0.309. The number of fused-ring (bicyclic) bond motifs is 1. The summed E-state index contributed by atoms with van der Waals surface area (Å²) in [5.41, 5.74) is 13.2. The number of thioether (sulfide) groups is 1. The highest BCUT2D eigenvalue weighted by molar-refractivity contribution is 8.26. The van der Waals surface area contributed by atoms with Crippen LogP contribution < -0.4 is 20.9 Å². The summed E-state index contributed by atoms with van der Waals surface area (Å²) in [7, 11) is 0. The van der Waals surface area contributed by atoms with Gasteiger partial charge in [-0.25, -0.2) is 0 Å². The molecule has 1 aromatic rings. The van der Waals surface area contributed by atoms with E-state index in [4.69, 9.17) is 20.9 Å². The van der Waals surface area contributed by atoms with Gasteiger partial charge in [-0.1, -0.05) is 6.07 Å². The number of aliphatic imine (C=N–C) groups is 1. The highest BCUT2D eigenvalue weighted by Gasteiger charge is 2.25. The molecule has 3 rings (SSSR count). The molecule has 0 unspecified atom stereocenters. The van der Waals surface area contributed by atoms with Gasteiger partial charge in [0.15, 0.2) is 16.7 Å². The molecular weight excluding hydrogens is 338 g/mol. The number of rotatable bonds is 3. The second kappa shape index (κ2) is 7.97. The van der Waals surface area contributed by atoms with Crippen molar-refractivity contribution in [3.8, 4) is 11.5 Å². The van der Waals surface area contributed by atoms with Gasteiger partial charge >= 0.3 is 5.17 Å².